The summed E-state index contributed by atoms with van der Waals surface area (Å²) in [4.78, 5) is 0. The van der Waals surface area contributed by atoms with Gasteiger partial charge in [0.25, 0.3) is 0 Å². The molecule has 0 saturated carbocycles. The van der Waals surface area contributed by atoms with Gasteiger partial charge in [-0.15, -0.1) is 5.10 Å². The summed E-state index contributed by atoms with van der Waals surface area (Å²) in [5, 5.41) is 12.2. The van der Waals surface area contributed by atoms with Crippen molar-refractivity contribution in [2.75, 3.05) is 13.2 Å². The Morgan fingerprint density at radius 3 is 3.10 bits per heavy atom. The number of nitrogens with one attached hydrogen (secondary N) is 1. The van der Waals surface area contributed by atoms with E-state index in [1.54, 1.807) is 4.68 Å². The molecular formula is C15H21ClN4O. The average Bonchev–Trinajstić information content (AvgIpc) is 2.92. The molecular weight excluding hydrogens is 288 g/mol. The van der Waals surface area contributed by atoms with Crippen LogP contribution in [0.5, 0.6) is 0 Å². The summed E-state index contributed by atoms with van der Waals surface area (Å²) in [5.74, 6) is 0. The number of nitrogens with zero attached hydrogens (tertiary/aromatic N) is 3. The lowest BCUT2D eigenvalue weighted by molar-refractivity contribution is 0.110. The molecule has 0 aliphatic rings. The van der Waals surface area contributed by atoms with Crippen molar-refractivity contribution in [2.24, 2.45) is 0 Å². The van der Waals surface area contributed by atoms with E-state index >= 15 is 0 Å². The fourth-order valence-corrected chi connectivity index (χ4v) is 2.11. The largest absolute Gasteiger partial charge is 0.375 e. The Kier molecular flexibility index (Phi) is 6.66. The molecule has 1 N–H and O–H groups in total. The molecule has 6 heteroatoms. The molecule has 0 radical (unpaired) electrons. The maximum absolute atomic E-state index is 5.92. The van der Waals surface area contributed by atoms with E-state index in [9.17, 15) is 0 Å². The van der Waals surface area contributed by atoms with Gasteiger partial charge in [0, 0.05) is 17.8 Å². The van der Waals surface area contributed by atoms with E-state index in [4.69, 9.17) is 16.3 Å². The van der Waals surface area contributed by atoms with Crippen molar-refractivity contribution in [1.29, 1.82) is 0 Å². The van der Waals surface area contributed by atoms with E-state index in [2.05, 4.69) is 22.6 Å². The second kappa shape index (κ2) is 8.77. The minimum atomic E-state index is 0.556. The smallest absolute Gasteiger partial charge is 0.0964 e. The summed E-state index contributed by atoms with van der Waals surface area (Å²) in [7, 11) is 0. The molecule has 0 saturated heterocycles. The van der Waals surface area contributed by atoms with Gasteiger partial charge in [0.15, 0.2) is 0 Å². The standard InChI is InChI=1S/C15H21ClN4O/c1-2-6-17-10-15-11-20(19-18-15)7-8-21-12-13-4-3-5-14(16)9-13/h3-5,9,11,17H,2,6-8,10,12H2,1H3. The zero-order chi connectivity index (χ0) is 14.9. The zero-order valence-electron chi connectivity index (χ0n) is 12.3. The lowest BCUT2D eigenvalue weighted by Crippen LogP contribution is -2.14. The number of halogens is 1. The molecule has 0 amide bonds. The maximum Gasteiger partial charge on any atom is 0.0964 e. The first-order valence-electron chi connectivity index (χ1n) is 7.20. The molecule has 0 spiro atoms. The number of ether oxygens (including phenoxy) is 1. The van der Waals surface area contributed by atoms with Crippen LogP contribution in [0.15, 0.2) is 30.5 Å². The lowest BCUT2D eigenvalue weighted by Gasteiger charge is -2.04. The average molecular weight is 309 g/mol. The predicted octanol–water partition coefficient (Wildman–Crippen LogP) is 2.65. The van der Waals surface area contributed by atoms with Gasteiger partial charge in [-0.3, -0.25) is 0 Å². The summed E-state index contributed by atoms with van der Waals surface area (Å²) < 4.78 is 7.43. The van der Waals surface area contributed by atoms with Crippen LogP contribution in [0.3, 0.4) is 0 Å². The van der Waals surface area contributed by atoms with Crippen molar-refractivity contribution in [3.63, 3.8) is 0 Å². The van der Waals surface area contributed by atoms with Gasteiger partial charge < -0.3 is 10.1 Å². The highest BCUT2D eigenvalue weighted by Crippen LogP contribution is 2.11. The van der Waals surface area contributed by atoms with E-state index < -0.39 is 0 Å². The van der Waals surface area contributed by atoms with Crippen LogP contribution >= 0.6 is 11.6 Å². The van der Waals surface area contributed by atoms with Crippen LogP contribution in [0.1, 0.15) is 24.6 Å². The van der Waals surface area contributed by atoms with E-state index in [0.29, 0.717) is 19.8 Å². The second-order valence-corrected chi connectivity index (χ2v) is 5.27. The van der Waals surface area contributed by atoms with Crippen molar-refractivity contribution < 1.29 is 4.74 Å². The first kappa shape index (κ1) is 15.9. The van der Waals surface area contributed by atoms with Crippen LogP contribution in [-0.2, 0) is 24.4 Å². The third kappa shape index (κ3) is 5.83. The fourth-order valence-electron chi connectivity index (χ4n) is 1.90. The molecule has 1 aromatic heterocycles. The lowest BCUT2D eigenvalue weighted by atomic mass is 10.2. The SMILES string of the molecule is CCCNCc1cn(CCOCc2cccc(Cl)c2)nn1. The Balaban J connectivity index is 1.66. The molecule has 1 heterocycles. The van der Waals surface area contributed by atoms with Crippen molar-refractivity contribution >= 4 is 11.6 Å². The number of hydrogen-bond donors (Lipinski definition) is 1. The number of rotatable bonds is 9. The monoisotopic (exact) mass is 308 g/mol. The Labute approximate surface area is 130 Å². The van der Waals surface area contributed by atoms with E-state index in [1.807, 2.05) is 30.5 Å². The molecule has 21 heavy (non-hydrogen) atoms. The number of hydrogen-bond acceptors (Lipinski definition) is 4. The molecule has 114 valence electrons. The number of aromatic nitrogens is 3. The van der Waals surface area contributed by atoms with Gasteiger partial charge >= 0.3 is 0 Å². The molecule has 0 fully saturated rings. The summed E-state index contributed by atoms with van der Waals surface area (Å²) in [6, 6.07) is 7.69. The van der Waals surface area contributed by atoms with Crippen molar-refractivity contribution in [3.05, 3.63) is 46.7 Å². The van der Waals surface area contributed by atoms with Crippen LogP contribution in [0.4, 0.5) is 0 Å². The third-order valence-corrected chi connectivity index (χ3v) is 3.18. The van der Waals surface area contributed by atoms with Crippen molar-refractivity contribution in [2.45, 2.75) is 33.0 Å². The van der Waals surface area contributed by atoms with Gasteiger partial charge in [-0.25, -0.2) is 4.68 Å². The number of benzene rings is 1. The molecule has 0 aliphatic carbocycles. The minimum Gasteiger partial charge on any atom is -0.375 e. The van der Waals surface area contributed by atoms with Crippen LogP contribution in [0.25, 0.3) is 0 Å². The molecule has 0 bridgehead atoms. The van der Waals surface area contributed by atoms with Gasteiger partial charge in [0.1, 0.15) is 0 Å². The van der Waals surface area contributed by atoms with Gasteiger partial charge in [-0.05, 0) is 30.7 Å². The summed E-state index contributed by atoms with van der Waals surface area (Å²) >= 11 is 5.92. The highest BCUT2D eigenvalue weighted by atomic mass is 35.5. The normalized spacial score (nSPS) is 11.0. The second-order valence-electron chi connectivity index (χ2n) is 4.83. The summed E-state index contributed by atoms with van der Waals surface area (Å²) in [5.41, 5.74) is 2.03. The molecule has 0 atom stereocenters. The van der Waals surface area contributed by atoms with Crippen LogP contribution < -0.4 is 5.32 Å². The van der Waals surface area contributed by atoms with Crippen molar-refractivity contribution in [1.82, 2.24) is 20.3 Å². The summed E-state index contributed by atoms with van der Waals surface area (Å²) in [6.07, 6.45) is 3.07. The van der Waals surface area contributed by atoms with Gasteiger partial charge in [0.2, 0.25) is 0 Å². The van der Waals surface area contributed by atoms with Crippen LogP contribution in [0, 0.1) is 0 Å². The minimum absolute atomic E-state index is 0.556. The van der Waals surface area contributed by atoms with Gasteiger partial charge in [-0.2, -0.15) is 0 Å². The fraction of sp³-hybridized carbons (Fsp3) is 0.467. The van der Waals surface area contributed by atoms with Crippen LogP contribution in [-0.4, -0.2) is 28.1 Å². The predicted molar refractivity (Wildman–Crippen MR) is 83.1 cm³/mol. The van der Waals surface area contributed by atoms with E-state index in [0.717, 1.165) is 35.8 Å². The van der Waals surface area contributed by atoms with Gasteiger partial charge in [-0.1, -0.05) is 35.9 Å². The maximum atomic E-state index is 5.92. The first-order chi connectivity index (χ1) is 10.3. The molecule has 2 rings (SSSR count). The Morgan fingerprint density at radius 2 is 2.29 bits per heavy atom. The Bertz CT molecular complexity index is 544. The molecule has 5 nitrogen and oxygen atoms in total. The van der Waals surface area contributed by atoms with E-state index in [1.165, 1.54) is 0 Å². The Morgan fingerprint density at radius 1 is 1.38 bits per heavy atom. The van der Waals surface area contributed by atoms with Crippen LogP contribution in [0.2, 0.25) is 5.02 Å². The van der Waals surface area contributed by atoms with E-state index in [-0.39, 0.29) is 0 Å². The zero-order valence-corrected chi connectivity index (χ0v) is 13.0. The third-order valence-electron chi connectivity index (χ3n) is 2.94. The highest BCUT2D eigenvalue weighted by Gasteiger charge is 2.00. The van der Waals surface area contributed by atoms with Crippen molar-refractivity contribution in [3.8, 4) is 0 Å². The first-order valence-corrected chi connectivity index (χ1v) is 7.57. The Hall–Kier alpha value is -1.43. The summed E-state index contributed by atoms with van der Waals surface area (Å²) in [6.45, 7) is 5.74. The molecule has 0 aliphatic heterocycles. The van der Waals surface area contributed by atoms with Gasteiger partial charge in [0.05, 0.1) is 25.5 Å². The molecule has 2 aromatic rings. The highest BCUT2D eigenvalue weighted by molar-refractivity contribution is 6.30. The molecule has 0 unspecified atom stereocenters. The molecule has 1 aromatic carbocycles. The quantitative estimate of drug-likeness (QED) is 0.724. The topological polar surface area (TPSA) is 52.0 Å².